The first kappa shape index (κ1) is 11.4. The van der Waals surface area contributed by atoms with Crippen LogP contribution < -0.4 is 17.2 Å². The lowest BCUT2D eigenvalue weighted by Gasteiger charge is -2.06. The molecule has 0 saturated carbocycles. The van der Waals surface area contributed by atoms with Crippen molar-refractivity contribution in [3.63, 3.8) is 0 Å². The fourth-order valence-electron chi connectivity index (χ4n) is 1.15. The molecule has 0 amide bonds. The number of hydrogen-bond donors (Lipinski definition) is 3. The predicted octanol–water partition coefficient (Wildman–Crippen LogP) is 0.389. The number of rotatable bonds is 2. The Morgan fingerprint density at radius 3 is 1.44 bits per heavy atom. The summed E-state index contributed by atoms with van der Waals surface area (Å²) in [6, 6.07) is 0. The predicted molar refractivity (Wildman–Crippen MR) is 52.9 cm³/mol. The first-order valence-corrected chi connectivity index (χ1v) is 3.73. The highest BCUT2D eigenvalue weighted by atomic mass is 19.1. The number of nitro groups is 2. The van der Waals surface area contributed by atoms with Gasteiger partial charge < -0.3 is 17.2 Å². The molecule has 1 aromatic rings. The van der Waals surface area contributed by atoms with Crippen molar-refractivity contribution in [1.82, 2.24) is 0 Å². The number of anilines is 3. The van der Waals surface area contributed by atoms with Crippen molar-refractivity contribution in [2.45, 2.75) is 0 Å². The van der Waals surface area contributed by atoms with Gasteiger partial charge in [0.05, 0.1) is 9.85 Å². The van der Waals surface area contributed by atoms with E-state index in [4.69, 9.17) is 17.2 Å². The smallest absolute Gasteiger partial charge is 0.325 e. The lowest BCUT2D eigenvalue weighted by molar-refractivity contribution is -0.391. The monoisotopic (exact) mass is 231 g/mol. The summed E-state index contributed by atoms with van der Waals surface area (Å²) in [4.78, 5) is 18.8. The molecule has 0 spiro atoms. The third kappa shape index (κ3) is 1.41. The van der Waals surface area contributed by atoms with Crippen molar-refractivity contribution >= 4 is 28.4 Å². The van der Waals surface area contributed by atoms with Crippen LogP contribution in [0.2, 0.25) is 0 Å². The topological polar surface area (TPSA) is 164 Å². The van der Waals surface area contributed by atoms with Crippen LogP contribution in [0.4, 0.5) is 32.8 Å². The Bertz CT molecular complexity index is 461. The molecular formula is C6H6FN5O4. The second-order valence-corrected chi connectivity index (χ2v) is 2.77. The van der Waals surface area contributed by atoms with E-state index < -0.39 is 44.1 Å². The molecule has 0 bridgehead atoms. The van der Waals surface area contributed by atoms with Gasteiger partial charge in [-0.25, -0.2) is 4.39 Å². The van der Waals surface area contributed by atoms with E-state index in [1.54, 1.807) is 0 Å². The number of nitro benzene ring substituents is 2. The minimum Gasteiger partial charge on any atom is -0.391 e. The molecule has 0 aliphatic heterocycles. The minimum absolute atomic E-state index is 0.869. The Morgan fingerprint density at radius 2 is 1.19 bits per heavy atom. The van der Waals surface area contributed by atoms with Gasteiger partial charge in [-0.3, -0.25) is 20.2 Å². The highest BCUT2D eigenvalue weighted by Crippen LogP contribution is 2.43. The fourth-order valence-corrected chi connectivity index (χ4v) is 1.15. The van der Waals surface area contributed by atoms with Crippen LogP contribution in [0.15, 0.2) is 0 Å². The van der Waals surface area contributed by atoms with E-state index in [1.807, 2.05) is 0 Å². The molecule has 0 aliphatic carbocycles. The van der Waals surface area contributed by atoms with E-state index in [0.29, 0.717) is 0 Å². The lowest BCUT2D eigenvalue weighted by atomic mass is 10.1. The molecule has 0 aromatic heterocycles. The van der Waals surface area contributed by atoms with E-state index in [2.05, 4.69) is 0 Å². The summed E-state index contributed by atoms with van der Waals surface area (Å²) < 4.78 is 13.2. The maximum absolute atomic E-state index is 13.2. The normalized spacial score (nSPS) is 10.1. The molecule has 0 heterocycles. The van der Waals surface area contributed by atoms with E-state index >= 15 is 0 Å². The average molecular weight is 231 g/mol. The zero-order valence-electron chi connectivity index (χ0n) is 7.64. The Labute approximate surface area is 86.9 Å². The summed E-state index contributed by atoms with van der Waals surface area (Å²) in [6.45, 7) is 0. The molecule has 0 atom stereocenters. The van der Waals surface area contributed by atoms with Gasteiger partial charge in [0.2, 0.25) is 0 Å². The van der Waals surface area contributed by atoms with Crippen molar-refractivity contribution in [3.8, 4) is 0 Å². The molecule has 9 nitrogen and oxygen atoms in total. The van der Waals surface area contributed by atoms with Crippen molar-refractivity contribution < 1.29 is 14.2 Å². The van der Waals surface area contributed by atoms with Crippen molar-refractivity contribution in [1.29, 1.82) is 0 Å². The Hall–Kier alpha value is -2.65. The summed E-state index contributed by atoms with van der Waals surface area (Å²) in [5, 5.41) is 21.0. The van der Waals surface area contributed by atoms with Gasteiger partial charge in [0.1, 0.15) is 0 Å². The molecule has 6 N–H and O–H groups in total. The van der Waals surface area contributed by atoms with Gasteiger partial charge in [-0.15, -0.1) is 0 Å². The van der Waals surface area contributed by atoms with E-state index in [1.165, 1.54) is 0 Å². The molecule has 1 rings (SSSR count). The van der Waals surface area contributed by atoms with Crippen LogP contribution in [0.3, 0.4) is 0 Å². The highest BCUT2D eigenvalue weighted by Gasteiger charge is 2.33. The maximum atomic E-state index is 13.2. The molecule has 0 unspecified atom stereocenters. The molecular weight excluding hydrogens is 225 g/mol. The zero-order valence-corrected chi connectivity index (χ0v) is 7.64. The van der Waals surface area contributed by atoms with Gasteiger partial charge in [-0.1, -0.05) is 0 Å². The van der Waals surface area contributed by atoms with E-state index in [-0.39, 0.29) is 0 Å². The van der Waals surface area contributed by atoms with Gasteiger partial charge in [0.15, 0.2) is 22.9 Å². The van der Waals surface area contributed by atoms with Crippen LogP contribution in [-0.4, -0.2) is 9.85 Å². The van der Waals surface area contributed by atoms with Crippen LogP contribution in [0.25, 0.3) is 0 Å². The first-order chi connectivity index (χ1) is 7.29. The Kier molecular flexibility index (Phi) is 2.49. The van der Waals surface area contributed by atoms with Gasteiger partial charge in [-0.2, -0.15) is 0 Å². The standard InChI is InChI=1S/C6H6FN5O4/c7-1-2(8)5(11(13)14)4(10)6(3(1)9)12(15)16/h8-10H2. The van der Waals surface area contributed by atoms with Crippen molar-refractivity contribution in [2.75, 3.05) is 17.2 Å². The fraction of sp³-hybridized carbons (Fsp3) is 0. The number of hydrogen-bond acceptors (Lipinski definition) is 7. The molecule has 16 heavy (non-hydrogen) atoms. The molecule has 1 aromatic carbocycles. The summed E-state index contributed by atoms with van der Waals surface area (Å²) in [6.07, 6.45) is 0. The second kappa shape index (κ2) is 3.49. The molecule has 0 radical (unpaired) electrons. The second-order valence-electron chi connectivity index (χ2n) is 2.77. The summed E-state index contributed by atoms with van der Waals surface area (Å²) >= 11 is 0. The number of nitrogens with two attached hydrogens (primary N) is 3. The van der Waals surface area contributed by atoms with E-state index in [0.717, 1.165) is 0 Å². The highest BCUT2D eigenvalue weighted by molar-refractivity contribution is 5.89. The largest absolute Gasteiger partial charge is 0.391 e. The van der Waals surface area contributed by atoms with Gasteiger partial charge in [-0.05, 0) is 0 Å². The SMILES string of the molecule is Nc1c(F)c(N)c([N+](=O)[O-])c(N)c1[N+](=O)[O-]. The summed E-state index contributed by atoms with van der Waals surface area (Å²) in [5.41, 5.74) is 10.4. The quantitative estimate of drug-likeness (QED) is 0.376. The minimum atomic E-state index is -1.42. The first-order valence-electron chi connectivity index (χ1n) is 3.73. The average Bonchev–Trinajstić information content (AvgIpc) is 2.13. The maximum Gasteiger partial charge on any atom is 0.325 e. The molecule has 0 aliphatic rings. The Morgan fingerprint density at radius 1 is 0.875 bits per heavy atom. The van der Waals surface area contributed by atoms with Crippen LogP contribution in [0.5, 0.6) is 0 Å². The number of halogens is 1. The number of nitrogens with zero attached hydrogens (tertiary/aromatic N) is 2. The Balaban J connectivity index is 3.80. The van der Waals surface area contributed by atoms with Crippen LogP contribution in [0, 0.1) is 26.0 Å². The van der Waals surface area contributed by atoms with Crippen molar-refractivity contribution in [2.24, 2.45) is 0 Å². The third-order valence-electron chi connectivity index (χ3n) is 1.86. The van der Waals surface area contributed by atoms with Crippen LogP contribution >= 0.6 is 0 Å². The molecule has 0 saturated heterocycles. The van der Waals surface area contributed by atoms with Crippen molar-refractivity contribution in [3.05, 3.63) is 26.0 Å². The zero-order chi connectivity index (χ0) is 12.6. The van der Waals surface area contributed by atoms with Gasteiger partial charge >= 0.3 is 11.4 Å². The van der Waals surface area contributed by atoms with Crippen LogP contribution in [0.1, 0.15) is 0 Å². The molecule has 86 valence electrons. The summed E-state index contributed by atoms with van der Waals surface area (Å²) in [5.74, 6) is -1.42. The van der Waals surface area contributed by atoms with Crippen LogP contribution in [-0.2, 0) is 0 Å². The third-order valence-corrected chi connectivity index (χ3v) is 1.86. The lowest BCUT2D eigenvalue weighted by Crippen LogP contribution is -2.10. The van der Waals surface area contributed by atoms with Gasteiger partial charge in [0, 0.05) is 0 Å². The number of nitrogen functional groups attached to an aromatic ring is 3. The molecule has 0 fully saturated rings. The van der Waals surface area contributed by atoms with Gasteiger partial charge in [0.25, 0.3) is 0 Å². The molecule has 10 heteroatoms. The number of benzene rings is 1. The van der Waals surface area contributed by atoms with E-state index in [9.17, 15) is 24.6 Å². The summed E-state index contributed by atoms with van der Waals surface area (Å²) in [7, 11) is 0.